The summed E-state index contributed by atoms with van der Waals surface area (Å²) >= 11 is 0. The van der Waals surface area contributed by atoms with E-state index in [4.69, 9.17) is 4.42 Å². The maximum absolute atomic E-state index is 5.47. The van der Waals surface area contributed by atoms with Crippen molar-refractivity contribution in [1.29, 1.82) is 0 Å². The van der Waals surface area contributed by atoms with Gasteiger partial charge in [0.15, 0.2) is 0 Å². The molecule has 1 N–H and O–H groups in total. The van der Waals surface area contributed by atoms with E-state index in [1.807, 2.05) is 7.05 Å². The minimum Gasteiger partial charge on any atom is -0.469 e. The Morgan fingerprint density at radius 3 is 3.25 bits per heavy atom. The standard InChI is InChI=1S/C10H15NO/c1-7-5-8-3-4-12-10(8)9(7)6-11-2/h3-4,7,9,11H,5-6H2,1-2H3. The van der Waals surface area contributed by atoms with E-state index >= 15 is 0 Å². The predicted octanol–water partition coefficient (Wildman–Crippen LogP) is 1.77. The summed E-state index contributed by atoms with van der Waals surface area (Å²) in [7, 11) is 1.99. The Labute approximate surface area is 73.0 Å². The van der Waals surface area contributed by atoms with Gasteiger partial charge in [0.05, 0.1) is 6.26 Å². The van der Waals surface area contributed by atoms with E-state index in [1.165, 1.54) is 17.7 Å². The highest BCUT2D eigenvalue weighted by atomic mass is 16.3. The number of hydrogen-bond donors (Lipinski definition) is 1. The van der Waals surface area contributed by atoms with E-state index in [2.05, 4.69) is 18.3 Å². The number of fused-ring (bicyclic) bond motifs is 1. The zero-order valence-electron chi connectivity index (χ0n) is 7.63. The molecule has 0 saturated carbocycles. The highest BCUT2D eigenvalue weighted by Crippen LogP contribution is 2.37. The van der Waals surface area contributed by atoms with Gasteiger partial charge in [0, 0.05) is 12.5 Å². The van der Waals surface area contributed by atoms with Crippen molar-refractivity contribution in [2.75, 3.05) is 13.6 Å². The molecule has 0 aliphatic heterocycles. The van der Waals surface area contributed by atoms with Crippen molar-refractivity contribution < 1.29 is 4.42 Å². The van der Waals surface area contributed by atoms with Gasteiger partial charge in [0.1, 0.15) is 5.76 Å². The van der Waals surface area contributed by atoms with Crippen molar-refractivity contribution in [3.05, 3.63) is 23.7 Å². The third-order valence-corrected chi connectivity index (χ3v) is 2.77. The lowest BCUT2D eigenvalue weighted by Crippen LogP contribution is -2.19. The molecule has 1 aromatic heterocycles. The van der Waals surface area contributed by atoms with Gasteiger partial charge in [-0.1, -0.05) is 6.92 Å². The van der Waals surface area contributed by atoms with Crippen LogP contribution in [-0.4, -0.2) is 13.6 Å². The molecule has 1 aromatic rings. The first-order valence-corrected chi connectivity index (χ1v) is 4.53. The summed E-state index contributed by atoms with van der Waals surface area (Å²) in [5.74, 6) is 2.52. The van der Waals surface area contributed by atoms with E-state index in [-0.39, 0.29) is 0 Å². The van der Waals surface area contributed by atoms with Crippen molar-refractivity contribution in [3.8, 4) is 0 Å². The van der Waals surface area contributed by atoms with Gasteiger partial charge in [-0.2, -0.15) is 0 Å². The lowest BCUT2D eigenvalue weighted by molar-refractivity contribution is 0.401. The molecule has 0 radical (unpaired) electrons. The first kappa shape index (κ1) is 7.87. The first-order valence-electron chi connectivity index (χ1n) is 4.53. The Morgan fingerprint density at radius 1 is 1.67 bits per heavy atom. The molecule has 0 bridgehead atoms. The molecule has 0 aromatic carbocycles. The molecular formula is C10H15NO. The van der Waals surface area contributed by atoms with Crippen LogP contribution in [0.25, 0.3) is 0 Å². The Kier molecular flexibility index (Phi) is 1.93. The predicted molar refractivity (Wildman–Crippen MR) is 48.2 cm³/mol. The summed E-state index contributed by atoms with van der Waals surface area (Å²) in [6.45, 7) is 3.32. The minimum absolute atomic E-state index is 0.583. The number of rotatable bonds is 2. The Bertz CT molecular complexity index is 267. The van der Waals surface area contributed by atoms with Crippen LogP contribution in [0.5, 0.6) is 0 Å². The SMILES string of the molecule is CNCC1c2occc2CC1C. The molecule has 12 heavy (non-hydrogen) atoms. The lowest BCUT2D eigenvalue weighted by atomic mass is 9.97. The number of hydrogen-bond acceptors (Lipinski definition) is 2. The summed E-state index contributed by atoms with van der Waals surface area (Å²) < 4.78 is 5.47. The summed E-state index contributed by atoms with van der Waals surface area (Å²) in [5, 5.41) is 3.21. The van der Waals surface area contributed by atoms with E-state index < -0.39 is 0 Å². The lowest BCUT2D eigenvalue weighted by Gasteiger charge is -2.13. The van der Waals surface area contributed by atoms with Crippen LogP contribution in [-0.2, 0) is 6.42 Å². The van der Waals surface area contributed by atoms with Gasteiger partial charge in [-0.15, -0.1) is 0 Å². The maximum atomic E-state index is 5.47. The summed E-state index contributed by atoms with van der Waals surface area (Å²) in [6, 6.07) is 2.10. The van der Waals surface area contributed by atoms with E-state index in [0.717, 1.165) is 12.5 Å². The van der Waals surface area contributed by atoms with Crippen LogP contribution in [0.2, 0.25) is 0 Å². The molecular weight excluding hydrogens is 150 g/mol. The Morgan fingerprint density at radius 2 is 2.50 bits per heavy atom. The zero-order chi connectivity index (χ0) is 8.55. The van der Waals surface area contributed by atoms with Gasteiger partial charge in [-0.05, 0) is 31.0 Å². The number of furan rings is 1. The molecule has 2 rings (SSSR count). The normalized spacial score (nSPS) is 27.5. The smallest absolute Gasteiger partial charge is 0.111 e. The van der Waals surface area contributed by atoms with Gasteiger partial charge in [-0.3, -0.25) is 0 Å². The molecule has 0 saturated heterocycles. The van der Waals surface area contributed by atoms with Gasteiger partial charge in [-0.25, -0.2) is 0 Å². The number of likely N-dealkylation sites (N-methyl/N-ethyl adjacent to an activating group) is 1. The van der Waals surface area contributed by atoms with Crippen LogP contribution in [0.4, 0.5) is 0 Å². The third-order valence-electron chi connectivity index (χ3n) is 2.77. The van der Waals surface area contributed by atoms with Gasteiger partial charge in [0.25, 0.3) is 0 Å². The molecule has 0 spiro atoms. The van der Waals surface area contributed by atoms with Crippen molar-refractivity contribution in [1.82, 2.24) is 5.32 Å². The van der Waals surface area contributed by atoms with Crippen molar-refractivity contribution in [3.63, 3.8) is 0 Å². The Balaban J connectivity index is 2.23. The van der Waals surface area contributed by atoms with Crippen LogP contribution >= 0.6 is 0 Å². The van der Waals surface area contributed by atoms with Crippen LogP contribution in [0.3, 0.4) is 0 Å². The fraction of sp³-hybridized carbons (Fsp3) is 0.600. The molecule has 0 fully saturated rings. The van der Waals surface area contributed by atoms with Crippen molar-refractivity contribution in [2.24, 2.45) is 5.92 Å². The first-order chi connectivity index (χ1) is 5.83. The molecule has 1 heterocycles. The summed E-state index contributed by atoms with van der Waals surface area (Å²) in [5.41, 5.74) is 1.41. The minimum atomic E-state index is 0.583. The number of nitrogens with one attached hydrogen (secondary N) is 1. The van der Waals surface area contributed by atoms with E-state index in [1.54, 1.807) is 6.26 Å². The fourth-order valence-corrected chi connectivity index (χ4v) is 2.10. The van der Waals surface area contributed by atoms with Crippen molar-refractivity contribution in [2.45, 2.75) is 19.3 Å². The molecule has 1 aliphatic carbocycles. The van der Waals surface area contributed by atoms with Gasteiger partial charge in [0.2, 0.25) is 0 Å². The average Bonchev–Trinajstić information content (AvgIpc) is 2.56. The fourth-order valence-electron chi connectivity index (χ4n) is 2.10. The van der Waals surface area contributed by atoms with Crippen LogP contribution in [0, 0.1) is 5.92 Å². The zero-order valence-corrected chi connectivity index (χ0v) is 7.63. The maximum Gasteiger partial charge on any atom is 0.111 e. The van der Waals surface area contributed by atoms with Crippen LogP contribution < -0.4 is 5.32 Å². The molecule has 2 atom stereocenters. The molecule has 2 unspecified atom stereocenters. The highest BCUT2D eigenvalue weighted by Gasteiger charge is 2.31. The van der Waals surface area contributed by atoms with E-state index in [0.29, 0.717) is 5.92 Å². The Hall–Kier alpha value is -0.760. The quantitative estimate of drug-likeness (QED) is 0.722. The largest absolute Gasteiger partial charge is 0.469 e. The van der Waals surface area contributed by atoms with E-state index in [9.17, 15) is 0 Å². The highest BCUT2D eigenvalue weighted by molar-refractivity contribution is 5.28. The molecule has 1 aliphatic rings. The van der Waals surface area contributed by atoms with Gasteiger partial charge < -0.3 is 9.73 Å². The molecule has 2 nitrogen and oxygen atoms in total. The average molecular weight is 165 g/mol. The topological polar surface area (TPSA) is 25.2 Å². The third kappa shape index (κ3) is 1.07. The molecule has 0 amide bonds. The second kappa shape index (κ2) is 2.94. The summed E-state index contributed by atoms with van der Waals surface area (Å²) in [6.07, 6.45) is 2.98. The van der Waals surface area contributed by atoms with Crippen LogP contribution in [0.15, 0.2) is 16.7 Å². The monoisotopic (exact) mass is 165 g/mol. The molecule has 2 heteroatoms. The van der Waals surface area contributed by atoms with Crippen LogP contribution in [0.1, 0.15) is 24.2 Å². The second-order valence-electron chi connectivity index (χ2n) is 3.66. The van der Waals surface area contributed by atoms with Gasteiger partial charge >= 0.3 is 0 Å². The summed E-state index contributed by atoms with van der Waals surface area (Å²) in [4.78, 5) is 0. The second-order valence-corrected chi connectivity index (χ2v) is 3.66. The molecule has 66 valence electrons. The van der Waals surface area contributed by atoms with Crippen molar-refractivity contribution >= 4 is 0 Å².